The highest BCUT2D eigenvalue weighted by Gasteiger charge is 2.49. The van der Waals surface area contributed by atoms with E-state index in [0.29, 0.717) is 6.04 Å². The summed E-state index contributed by atoms with van der Waals surface area (Å²) in [5.41, 5.74) is 0.246. The lowest BCUT2D eigenvalue weighted by Crippen LogP contribution is -2.51. The average molecular weight is 280 g/mol. The standard InChI is InChI=1S/C15H24N2O3/c1-15(2)8-12(15)16-14(20)17-10-3-4-11(17)6-9(5-10)7-13(18)19/h9-12H,3-8H2,1-2H3,(H,16,20)(H,18,19). The summed E-state index contributed by atoms with van der Waals surface area (Å²) in [6.07, 6.45) is 5.07. The molecule has 3 fully saturated rings. The summed E-state index contributed by atoms with van der Waals surface area (Å²) >= 11 is 0. The molecule has 0 spiro atoms. The topological polar surface area (TPSA) is 69.6 Å². The number of carbonyl (C=O) groups is 2. The normalized spacial score (nSPS) is 37.6. The highest BCUT2D eigenvalue weighted by molar-refractivity contribution is 5.76. The second-order valence-electron chi connectivity index (χ2n) is 7.42. The van der Waals surface area contributed by atoms with Gasteiger partial charge in [-0.3, -0.25) is 4.79 Å². The average Bonchev–Trinajstić information content (AvgIpc) is 2.81. The van der Waals surface area contributed by atoms with E-state index in [0.717, 1.165) is 32.1 Å². The maximum absolute atomic E-state index is 12.4. The zero-order chi connectivity index (χ0) is 14.5. The van der Waals surface area contributed by atoms with Gasteiger partial charge in [-0.15, -0.1) is 0 Å². The number of aliphatic carboxylic acids is 1. The van der Waals surface area contributed by atoms with Crippen LogP contribution in [0.15, 0.2) is 0 Å². The predicted octanol–water partition coefficient (Wildman–Crippen LogP) is 2.21. The second-order valence-corrected chi connectivity index (χ2v) is 7.42. The molecule has 1 saturated carbocycles. The number of carboxylic acids is 1. The minimum absolute atomic E-state index is 0.0712. The lowest BCUT2D eigenvalue weighted by atomic mass is 9.88. The summed E-state index contributed by atoms with van der Waals surface area (Å²) in [6, 6.07) is 0.882. The smallest absolute Gasteiger partial charge is 0.318 e. The number of hydrogen-bond acceptors (Lipinski definition) is 2. The predicted molar refractivity (Wildman–Crippen MR) is 74.3 cm³/mol. The number of urea groups is 1. The van der Waals surface area contributed by atoms with Gasteiger partial charge in [0.05, 0.1) is 0 Å². The third-order valence-electron chi connectivity index (χ3n) is 5.34. The van der Waals surface area contributed by atoms with Crippen molar-refractivity contribution in [3.05, 3.63) is 0 Å². The van der Waals surface area contributed by atoms with Crippen molar-refractivity contribution in [2.24, 2.45) is 11.3 Å². The third-order valence-corrected chi connectivity index (χ3v) is 5.34. The van der Waals surface area contributed by atoms with Crippen molar-refractivity contribution in [1.82, 2.24) is 10.2 Å². The van der Waals surface area contributed by atoms with E-state index in [1.165, 1.54) is 0 Å². The van der Waals surface area contributed by atoms with Crippen LogP contribution in [0.5, 0.6) is 0 Å². The number of hydrogen-bond donors (Lipinski definition) is 2. The minimum Gasteiger partial charge on any atom is -0.481 e. The molecule has 5 heteroatoms. The molecular formula is C15H24N2O3. The van der Waals surface area contributed by atoms with Gasteiger partial charge in [-0.05, 0) is 43.4 Å². The largest absolute Gasteiger partial charge is 0.481 e. The Balaban J connectivity index is 1.59. The Hall–Kier alpha value is -1.26. The molecule has 0 aromatic rings. The fraction of sp³-hybridized carbons (Fsp3) is 0.867. The van der Waals surface area contributed by atoms with E-state index in [4.69, 9.17) is 5.11 Å². The van der Waals surface area contributed by atoms with Gasteiger partial charge in [-0.25, -0.2) is 4.79 Å². The van der Waals surface area contributed by atoms with Crippen LogP contribution in [0.4, 0.5) is 4.79 Å². The number of nitrogens with one attached hydrogen (secondary N) is 1. The van der Waals surface area contributed by atoms with Crippen LogP contribution in [0.2, 0.25) is 0 Å². The summed E-state index contributed by atoms with van der Waals surface area (Å²) < 4.78 is 0. The Labute approximate surface area is 119 Å². The Morgan fingerprint density at radius 3 is 2.25 bits per heavy atom. The van der Waals surface area contributed by atoms with Crippen molar-refractivity contribution in [2.45, 2.75) is 70.5 Å². The molecule has 112 valence electrons. The number of piperidine rings is 1. The first-order valence-corrected chi connectivity index (χ1v) is 7.67. The number of carboxylic acid groups (broad SMARTS) is 1. The molecule has 3 unspecified atom stereocenters. The van der Waals surface area contributed by atoms with Crippen molar-refractivity contribution in [1.29, 1.82) is 0 Å². The highest BCUT2D eigenvalue weighted by Crippen LogP contribution is 2.45. The van der Waals surface area contributed by atoms with Gasteiger partial charge in [0, 0.05) is 24.5 Å². The van der Waals surface area contributed by atoms with Crippen molar-refractivity contribution < 1.29 is 14.7 Å². The lowest BCUT2D eigenvalue weighted by molar-refractivity contribution is -0.138. The summed E-state index contributed by atoms with van der Waals surface area (Å²) in [4.78, 5) is 25.3. The Morgan fingerprint density at radius 2 is 1.80 bits per heavy atom. The molecule has 3 atom stereocenters. The number of carbonyl (C=O) groups excluding carboxylic acids is 1. The molecule has 1 aliphatic carbocycles. The third kappa shape index (κ3) is 2.50. The van der Waals surface area contributed by atoms with Gasteiger partial charge in [0.25, 0.3) is 0 Å². The van der Waals surface area contributed by atoms with E-state index in [9.17, 15) is 9.59 Å². The zero-order valence-electron chi connectivity index (χ0n) is 12.3. The first kappa shape index (κ1) is 13.7. The molecule has 2 amide bonds. The van der Waals surface area contributed by atoms with Crippen LogP contribution < -0.4 is 5.32 Å². The number of rotatable bonds is 3. The molecule has 2 saturated heterocycles. The summed E-state index contributed by atoms with van der Waals surface area (Å²) in [7, 11) is 0. The van der Waals surface area contributed by atoms with Crippen LogP contribution in [-0.4, -0.2) is 40.1 Å². The van der Waals surface area contributed by atoms with Gasteiger partial charge in [0.1, 0.15) is 0 Å². The van der Waals surface area contributed by atoms with Crippen molar-refractivity contribution in [3.8, 4) is 0 Å². The second kappa shape index (κ2) is 4.64. The quantitative estimate of drug-likeness (QED) is 0.832. The Kier molecular flexibility index (Phi) is 3.18. The van der Waals surface area contributed by atoms with Crippen LogP contribution in [0.25, 0.3) is 0 Å². The molecule has 3 rings (SSSR count). The number of amides is 2. The fourth-order valence-electron chi connectivity index (χ4n) is 3.97. The van der Waals surface area contributed by atoms with Crippen molar-refractivity contribution in [3.63, 3.8) is 0 Å². The molecule has 3 aliphatic rings. The highest BCUT2D eigenvalue weighted by atomic mass is 16.4. The molecule has 2 heterocycles. The van der Waals surface area contributed by atoms with E-state index in [2.05, 4.69) is 19.2 Å². The van der Waals surface area contributed by atoms with Gasteiger partial charge in [-0.1, -0.05) is 13.8 Å². The first-order chi connectivity index (χ1) is 9.37. The van der Waals surface area contributed by atoms with Gasteiger partial charge < -0.3 is 15.3 Å². The maximum atomic E-state index is 12.4. The van der Waals surface area contributed by atoms with Crippen LogP contribution in [-0.2, 0) is 4.79 Å². The van der Waals surface area contributed by atoms with E-state index in [1.54, 1.807) is 0 Å². The molecule has 2 N–H and O–H groups in total. The molecular weight excluding hydrogens is 256 g/mol. The monoisotopic (exact) mass is 280 g/mol. The molecule has 0 aromatic heterocycles. The zero-order valence-corrected chi connectivity index (χ0v) is 12.3. The minimum atomic E-state index is -0.716. The first-order valence-electron chi connectivity index (χ1n) is 7.67. The van der Waals surface area contributed by atoms with Crippen LogP contribution in [0.3, 0.4) is 0 Å². The fourth-order valence-corrected chi connectivity index (χ4v) is 3.97. The van der Waals surface area contributed by atoms with Gasteiger partial charge in [0.2, 0.25) is 0 Å². The van der Waals surface area contributed by atoms with Crippen molar-refractivity contribution in [2.75, 3.05) is 0 Å². The molecule has 2 aliphatic heterocycles. The van der Waals surface area contributed by atoms with E-state index < -0.39 is 5.97 Å². The van der Waals surface area contributed by atoms with Gasteiger partial charge >= 0.3 is 12.0 Å². The summed E-state index contributed by atoms with van der Waals surface area (Å²) in [6.45, 7) is 4.34. The van der Waals surface area contributed by atoms with E-state index in [-0.39, 0.29) is 35.9 Å². The lowest BCUT2D eigenvalue weighted by Gasteiger charge is -2.38. The molecule has 2 bridgehead atoms. The number of fused-ring (bicyclic) bond motifs is 2. The maximum Gasteiger partial charge on any atom is 0.318 e. The van der Waals surface area contributed by atoms with Gasteiger partial charge in [0.15, 0.2) is 0 Å². The Bertz CT molecular complexity index is 421. The SMILES string of the molecule is CC1(C)CC1NC(=O)N1C2CCC1CC(CC(=O)O)C2. The van der Waals surface area contributed by atoms with Crippen LogP contribution >= 0.6 is 0 Å². The van der Waals surface area contributed by atoms with E-state index >= 15 is 0 Å². The van der Waals surface area contributed by atoms with Gasteiger partial charge in [-0.2, -0.15) is 0 Å². The van der Waals surface area contributed by atoms with E-state index in [1.807, 2.05) is 4.90 Å². The molecule has 0 aromatic carbocycles. The summed E-state index contributed by atoms with van der Waals surface area (Å²) in [5, 5.41) is 12.1. The molecule has 5 nitrogen and oxygen atoms in total. The van der Waals surface area contributed by atoms with Crippen LogP contribution in [0.1, 0.15) is 52.4 Å². The van der Waals surface area contributed by atoms with Crippen molar-refractivity contribution >= 4 is 12.0 Å². The summed E-state index contributed by atoms with van der Waals surface area (Å²) in [5.74, 6) is -0.474. The van der Waals surface area contributed by atoms with Crippen LogP contribution in [0, 0.1) is 11.3 Å². The molecule has 0 radical (unpaired) electrons. The number of nitrogens with zero attached hydrogens (tertiary/aromatic N) is 1. The Morgan fingerprint density at radius 1 is 1.25 bits per heavy atom. The molecule has 20 heavy (non-hydrogen) atoms.